The zero-order valence-electron chi connectivity index (χ0n) is 21.0. The molecule has 33 heavy (non-hydrogen) atoms. The first-order chi connectivity index (χ1) is 15.0. The van der Waals surface area contributed by atoms with E-state index in [2.05, 4.69) is 38.7 Å². The summed E-state index contributed by atoms with van der Waals surface area (Å²) >= 11 is 0. The summed E-state index contributed by atoms with van der Waals surface area (Å²) in [4.78, 5) is 12.8. The molecular weight excluding hydrogens is 636 g/mol. The van der Waals surface area contributed by atoms with Crippen molar-refractivity contribution in [3.63, 3.8) is 0 Å². The van der Waals surface area contributed by atoms with E-state index in [4.69, 9.17) is 10.1 Å². The van der Waals surface area contributed by atoms with E-state index in [1.54, 1.807) is 6.92 Å². The minimum absolute atomic E-state index is 0. The monoisotopic (exact) mass is 674 g/mol. The van der Waals surface area contributed by atoms with Gasteiger partial charge in [-0.15, -0.1) is 17.7 Å². The second-order valence-corrected chi connectivity index (χ2v) is 8.28. The topological polar surface area (TPSA) is 62.2 Å². The quantitative estimate of drug-likeness (QED) is 0.159. The van der Waals surface area contributed by atoms with Gasteiger partial charge in [-0.2, -0.15) is 12.1 Å². The predicted molar refractivity (Wildman–Crippen MR) is 134 cm³/mol. The molecule has 0 aliphatic heterocycles. The number of nitrogens with zero attached hydrogens (tertiary/aromatic N) is 1. The van der Waals surface area contributed by atoms with Gasteiger partial charge >= 0.3 is 31.1 Å². The Hall–Kier alpha value is -2.00. The maximum Gasteiger partial charge on any atom is 2.00 e. The molecular formula is C27H38N3O2U+. The molecule has 176 valence electrons. The van der Waals surface area contributed by atoms with Gasteiger partial charge in [-0.1, -0.05) is 25.1 Å². The molecule has 2 aromatic carbocycles. The van der Waals surface area contributed by atoms with Gasteiger partial charge in [-0.05, 0) is 38.8 Å². The molecule has 2 N–H and O–H groups in total. The Balaban J connectivity index is 0.00000189. The fourth-order valence-corrected chi connectivity index (χ4v) is 3.38. The van der Waals surface area contributed by atoms with E-state index in [1.165, 1.54) is 0 Å². The van der Waals surface area contributed by atoms with Crippen molar-refractivity contribution in [3.8, 4) is 5.75 Å². The summed E-state index contributed by atoms with van der Waals surface area (Å²) in [6, 6.07) is 14.8. The van der Waals surface area contributed by atoms with Crippen LogP contribution in [0.4, 0.5) is 5.69 Å². The summed E-state index contributed by atoms with van der Waals surface area (Å²) in [5, 5.41) is 10.5. The number of para-hydroxylation sites is 1. The molecule has 0 saturated heterocycles. The minimum Gasteiger partial charge on any atom is -0.470 e. The van der Waals surface area contributed by atoms with Gasteiger partial charge in [0.05, 0.1) is 19.6 Å². The van der Waals surface area contributed by atoms with Crippen LogP contribution in [0.25, 0.3) is 0 Å². The van der Waals surface area contributed by atoms with Crippen molar-refractivity contribution in [1.82, 2.24) is 0 Å². The van der Waals surface area contributed by atoms with Gasteiger partial charge in [0.1, 0.15) is 0 Å². The number of carbonyl (C=O) groups excluding carboxylic acids is 1. The number of allylic oxidation sites excluding steroid dienone is 1. The first-order valence-corrected chi connectivity index (χ1v) is 10.9. The van der Waals surface area contributed by atoms with Gasteiger partial charge in [0.25, 0.3) is 5.91 Å². The summed E-state index contributed by atoms with van der Waals surface area (Å²) in [5.41, 5.74) is 5.07. The van der Waals surface area contributed by atoms with Crippen molar-refractivity contribution in [3.05, 3.63) is 78.2 Å². The van der Waals surface area contributed by atoms with Gasteiger partial charge in [0, 0.05) is 18.4 Å². The summed E-state index contributed by atoms with van der Waals surface area (Å²) in [5.74, 6) is 0.707. The Morgan fingerprint density at radius 3 is 2.12 bits per heavy atom. The predicted octanol–water partition coefficient (Wildman–Crippen LogP) is 5.87. The molecule has 0 fully saturated rings. The van der Waals surface area contributed by atoms with Crippen molar-refractivity contribution >= 4 is 17.5 Å². The van der Waals surface area contributed by atoms with Gasteiger partial charge in [0.2, 0.25) is 0 Å². The first-order valence-electron chi connectivity index (χ1n) is 10.9. The Bertz CT molecular complexity index is 895. The second kappa shape index (κ2) is 15.0. The third-order valence-electron chi connectivity index (χ3n) is 5.20. The minimum atomic E-state index is 0. The molecule has 0 atom stereocenters. The molecule has 0 aliphatic rings. The van der Waals surface area contributed by atoms with Crippen LogP contribution < -0.4 is 10.1 Å². The number of hydrogen-bond acceptors (Lipinski definition) is 3. The smallest absolute Gasteiger partial charge is 0.470 e. The average molecular weight is 675 g/mol. The van der Waals surface area contributed by atoms with Crippen molar-refractivity contribution < 1.29 is 45.1 Å². The zero-order chi connectivity index (χ0) is 24.3. The fraction of sp³-hybridized carbons (Fsp3) is 0.370. The summed E-state index contributed by atoms with van der Waals surface area (Å²) in [6.45, 7) is 21.5. The van der Waals surface area contributed by atoms with Crippen molar-refractivity contribution in [2.75, 3.05) is 25.0 Å². The third-order valence-corrected chi connectivity index (χ3v) is 5.20. The number of likely N-dealkylation sites (N-methyl/N-ethyl adjacent to an activating group) is 1. The van der Waals surface area contributed by atoms with E-state index in [0.29, 0.717) is 16.8 Å². The normalized spacial score (nSPS) is 10.2. The standard InChI is InChI=1S/C23H31N3O2.C4H7.U/c1-6-26(7-2,15-20-11-13-21(14-12-20)28-19(5)24)16-22(27)25-23-17(3)9-8-10-18(23)4;1-4(2)3;/h8-13,24H,6-7,15-16H2,1-5H3,(H,25,27);1-2H2,3H3;/q;-1;+2. The van der Waals surface area contributed by atoms with E-state index in [9.17, 15) is 4.79 Å². The molecule has 2 aromatic rings. The Labute approximate surface area is 224 Å². The van der Waals surface area contributed by atoms with Crippen LogP contribution in [0, 0.1) is 63.4 Å². The van der Waals surface area contributed by atoms with E-state index < -0.39 is 0 Å². The summed E-state index contributed by atoms with van der Waals surface area (Å²) in [6.07, 6.45) is 0. The van der Waals surface area contributed by atoms with Crippen molar-refractivity contribution in [2.45, 2.75) is 48.1 Å². The number of anilines is 1. The largest absolute Gasteiger partial charge is 2.00 e. The van der Waals surface area contributed by atoms with Crippen LogP contribution in [0.2, 0.25) is 0 Å². The van der Waals surface area contributed by atoms with Crippen LogP contribution in [0.3, 0.4) is 0 Å². The maximum atomic E-state index is 12.8. The molecule has 0 aliphatic carbocycles. The summed E-state index contributed by atoms with van der Waals surface area (Å²) in [7, 11) is 0. The molecule has 2 rings (SSSR count). The number of amides is 1. The molecule has 0 bridgehead atoms. The van der Waals surface area contributed by atoms with Gasteiger partial charge in [-0.25, -0.2) is 19.1 Å². The van der Waals surface area contributed by atoms with E-state index in [0.717, 1.165) is 47.6 Å². The molecule has 1 amide bonds. The van der Waals surface area contributed by atoms with Crippen LogP contribution in [0.15, 0.2) is 48.6 Å². The zero-order valence-corrected chi connectivity index (χ0v) is 25.1. The van der Waals surface area contributed by atoms with Crippen LogP contribution in [-0.2, 0) is 11.3 Å². The second-order valence-electron chi connectivity index (χ2n) is 8.28. The van der Waals surface area contributed by atoms with Gasteiger partial charge in [-0.3, -0.25) is 10.2 Å². The molecule has 0 spiro atoms. The Morgan fingerprint density at radius 1 is 1.15 bits per heavy atom. The molecule has 0 heterocycles. The van der Waals surface area contributed by atoms with Crippen LogP contribution in [0.1, 0.15) is 44.4 Å². The molecule has 0 radical (unpaired) electrons. The molecule has 6 heteroatoms. The number of hydrogen-bond donors (Lipinski definition) is 2. The van der Waals surface area contributed by atoms with Gasteiger partial charge in [0.15, 0.2) is 12.4 Å². The van der Waals surface area contributed by atoms with Crippen molar-refractivity contribution in [1.29, 1.82) is 5.41 Å². The van der Waals surface area contributed by atoms with Gasteiger partial charge < -0.3 is 14.5 Å². The fourth-order valence-electron chi connectivity index (χ4n) is 3.38. The number of aryl methyl sites for hydroxylation is 2. The number of ether oxygens (including phenoxy) is 1. The Morgan fingerprint density at radius 2 is 1.70 bits per heavy atom. The van der Waals surface area contributed by atoms with E-state index in [1.807, 2.05) is 57.2 Å². The van der Waals surface area contributed by atoms with E-state index in [-0.39, 0.29) is 42.9 Å². The number of rotatable bonds is 8. The molecule has 0 unspecified atom stereocenters. The molecule has 0 saturated carbocycles. The number of nitrogens with one attached hydrogen (secondary N) is 2. The Kier molecular flexibility index (Phi) is 14.1. The van der Waals surface area contributed by atoms with Crippen molar-refractivity contribution in [2.24, 2.45) is 0 Å². The summed E-state index contributed by atoms with van der Waals surface area (Å²) < 4.78 is 5.92. The number of quaternary nitrogens is 1. The maximum absolute atomic E-state index is 12.8. The molecule has 0 aromatic heterocycles. The average Bonchev–Trinajstić information content (AvgIpc) is 2.71. The van der Waals surface area contributed by atoms with E-state index >= 15 is 0 Å². The molecule has 5 nitrogen and oxygen atoms in total. The SMILES string of the molecule is C=C([CH2-])C.CC[N+](CC)(CC(=O)Nc1c(C)cccc1C)Cc1c[c-]c(OC(C)=N)cc1.[U+2]. The third kappa shape index (κ3) is 11.1. The van der Waals surface area contributed by atoms with Crippen LogP contribution in [0.5, 0.6) is 5.75 Å². The first kappa shape index (κ1) is 31.0. The number of benzene rings is 2. The number of carbonyl (C=O) groups is 1. The van der Waals surface area contributed by atoms with Crippen LogP contribution in [-0.4, -0.2) is 35.9 Å². The van der Waals surface area contributed by atoms with Crippen LogP contribution >= 0.6 is 0 Å².